The van der Waals surface area contributed by atoms with Gasteiger partial charge < -0.3 is 5.11 Å². The summed E-state index contributed by atoms with van der Waals surface area (Å²) in [7, 11) is 0. The lowest BCUT2D eigenvalue weighted by atomic mass is 9.93. The molecule has 0 fully saturated rings. The average molecular weight is 317 g/mol. The standard InChI is InChI=1S/C13H21BrN2O2/c1-5-16-11(12(14)9(4)15-16)7-10(13(17)18)6-8(2)3/h8,10H,5-7H2,1-4H3,(H,17,18). The lowest BCUT2D eigenvalue weighted by Crippen LogP contribution is -2.20. The first-order valence-corrected chi connectivity index (χ1v) is 7.10. The van der Waals surface area contributed by atoms with E-state index in [-0.39, 0.29) is 5.92 Å². The topological polar surface area (TPSA) is 55.1 Å². The molecule has 0 saturated heterocycles. The predicted octanol–water partition coefficient (Wildman–Crippen LogP) is 3.26. The van der Waals surface area contributed by atoms with Gasteiger partial charge in [0.15, 0.2) is 0 Å². The minimum atomic E-state index is -0.725. The molecule has 0 aromatic carbocycles. The van der Waals surface area contributed by atoms with E-state index in [1.807, 2.05) is 32.4 Å². The highest BCUT2D eigenvalue weighted by Gasteiger charge is 2.23. The van der Waals surface area contributed by atoms with Gasteiger partial charge in [0, 0.05) is 13.0 Å². The third-order valence-electron chi connectivity index (χ3n) is 3.00. The number of halogens is 1. The van der Waals surface area contributed by atoms with Gasteiger partial charge in [-0.1, -0.05) is 13.8 Å². The number of aliphatic carboxylic acids is 1. The zero-order valence-electron chi connectivity index (χ0n) is 11.4. The van der Waals surface area contributed by atoms with Crippen LogP contribution in [0.15, 0.2) is 4.47 Å². The fourth-order valence-corrected chi connectivity index (χ4v) is 2.58. The summed E-state index contributed by atoms with van der Waals surface area (Å²) < 4.78 is 2.83. The van der Waals surface area contributed by atoms with Crippen molar-refractivity contribution in [2.45, 2.75) is 47.1 Å². The summed E-state index contributed by atoms with van der Waals surface area (Å²) in [6, 6.07) is 0. The zero-order chi connectivity index (χ0) is 13.9. The van der Waals surface area contributed by atoms with Gasteiger partial charge in [0.25, 0.3) is 0 Å². The summed E-state index contributed by atoms with van der Waals surface area (Å²) >= 11 is 3.51. The van der Waals surface area contributed by atoms with Gasteiger partial charge in [0.05, 0.1) is 21.8 Å². The fourth-order valence-electron chi connectivity index (χ4n) is 2.14. The normalized spacial score (nSPS) is 13.0. The highest BCUT2D eigenvalue weighted by Crippen LogP contribution is 2.26. The van der Waals surface area contributed by atoms with Gasteiger partial charge in [-0.15, -0.1) is 0 Å². The van der Waals surface area contributed by atoms with Gasteiger partial charge >= 0.3 is 5.97 Å². The highest BCUT2D eigenvalue weighted by molar-refractivity contribution is 9.10. The van der Waals surface area contributed by atoms with Crippen molar-refractivity contribution < 1.29 is 9.90 Å². The lowest BCUT2D eigenvalue weighted by molar-refractivity contribution is -0.142. The summed E-state index contributed by atoms with van der Waals surface area (Å²) in [5, 5.41) is 13.7. The molecule has 0 aliphatic rings. The van der Waals surface area contributed by atoms with E-state index in [0.29, 0.717) is 18.8 Å². The Morgan fingerprint density at radius 2 is 2.11 bits per heavy atom. The summed E-state index contributed by atoms with van der Waals surface area (Å²) in [6.07, 6.45) is 1.22. The Labute approximate surface area is 117 Å². The van der Waals surface area contributed by atoms with Gasteiger partial charge in [-0.3, -0.25) is 9.48 Å². The molecule has 1 unspecified atom stereocenters. The minimum absolute atomic E-state index is 0.345. The average Bonchev–Trinajstić information content (AvgIpc) is 2.55. The van der Waals surface area contributed by atoms with Gasteiger partial charge in [0.2, 0.25) is 0 Å². The molecule has 1 aromatic heterocycles. The van der Waals surface area contributed by atoms with Crippen molar-refractivity contribution in [3.63, 3.8) is 0 Å². The molecule has 1 N–H and O–H groups in total. The number of hydrogen-bond acceptors (Lipinski definition) is 2. The number of nitrogens with zero attached hydrogens (tertiary/aromatic N) is 2. The summed E-state index contributed by atoms with van der Waals surface area (Å²) in [4.78, 5) is 11.3. The zero-order valence-corrected chi connectivity index (χ0v) is 13.0. The molecule has 1 rings (SSSR count). The van der Waals surface area contributed by atoms with Crippen LogP contribution < -0.4 is 0 Å². The van der Waals surface area contributed by atoms with Crippen molar-refractivity contribution in [2.75, 3.05) is 0 Å². The molecular weight excluding hydrogens is 296 g/mol. The van der Waals surface area contributed by atoms with E-state index in [1.165, 1.54) is 0 Å². The Hall–Kier alpha value is -0.840. The van der Waals surface area contributed by atoms with Crippen LogP contribution in [-0.2, 0) is 17.8 Å². The number of carboxylic acid groups (broad SMARTS) is 1. The maximum Gasteiger partial charge on any atom is 0.306 e. The van der Waals surface area contributed by atoms with E-state index in [0.717, 1.165) is 22.4 Å². The Kier molecular flexibility index (Phi) is 5.38. The van der Waals surface area contributed by atoms with Gasteiger partial charge in [-0.05, 0) is 42.1 Å². The molecule has 5 heteroatoms. The van der Waals surface area contributed by atoms with Gasteiger partial charge in [0.1, 0.15) is 0 Å². The molecule has 0 amide bonds. The quantitative estimate of drug-likeness (QED) is 0.876. The number of aromatic nitrogens is 2. The monoisotopic (exact) mass is 316 g/mol. The molecule has 0 saturated carbocycles. The van der Waals surface area contributed by atoms with Crippen molar-refractivity contribution in [3.8, 4) is 0 Å². The Balaban J connectivity index is 2.96. The molecule has 102 valence electrons. The third-order valence-corrected chi connectivity index (χ3v) is 4.03. The Morgan fingerprint density at radius 1 is 1.50 bits per heavy atom. The van der Waals surface area contributed by atoms with E-state index in [9.17, 15) is 9.90 Å². The van der Waals surface area contributed by atoms with Gasteiger partial charge in [-0.2, -0.15) is 5.10 Å². The van der Waals surface area contributed by atoms with Crippen LogP contribution in [0, 0.1) is 18.8 Å². The first-order valence-electron chi connectivity index (χ1n) is 6.31. The van der Waals surface area contributed by atoms with Crippen LogP contribution in [-0.4, -0.2) is 20.9 Å². The number of aryl methyl sites for hydroxylation is 2. The smallest absolute Gasteiger partial charge is 0.306 e. The minimum Gasteiger partial charge on any atom is -0.481 e. The molecule has 0 aliphatic carbocycles. The Morgan fingerprint density at radius 3 is 2.56 bits per heavy atom. The largest absolute Gasteiger partial charge is 0.481 e. The third kappa shape index (κ3) is 3.57. The van der Waals surface area contributed by atoms with Crippen molar-refractivity contribution in [1.82, 2.24) is 9.78 Å². The first-order chi connectivity index (χ1) is 8.36. The molecule has 4 nitrogen and oxygen atoms in total. The molecule has 0 aliphatic heterocycles. The van der Waals surface area contributed by atoms with E-state index in [1.54, 1.807) is 0 Å². The van der Waals surface area contributed by atoms with Crippen molar-refractivity contribution in [2.24, 2.45) is 11.8 Å². The molecule has 0 spiro atoms. The van der Waals surface area contributed by atoms with Crippen molar-refractivity contribution in [1.29, 1.82) is 0 Å². The van der Waals surface area contributed by atoms with Crippen LogP contribution in [0.2, 0.25) is 0 Å². The maximum absolute atomic E-state index is 11.3. The summed E-state index contributed by atoms with van der Waals surface area (Å²) in [5.41, 5.74) is 1.91. The number of hydrogen-bond donors (Lipinski definition) is 1. The molecule has 18 heavy (non-hydrogen) atoms. The van der Waals surface area contributed by atoms with E-state index in [2.05, 4.69) is 21.0 Å². The Bertz CT molecular complexity index is 427. The molecule has 1 atom stereocenters. The highest BCUT2D eigenvalue weighted by atomic mass is 79.9. The van der Waals surface area contributed by atoms with Crippen LogP contribution in [0.4, 0.5) is 0 Å². The molecule has 1 heterocycles. The lowest BCUT2D eigenvalue weighted by Gasteiger charge is -2.15. The maximum atomic E-state index is 11.3. The second-order valence-electron chi connectivity index (χ2n) is 5.03. The summed E-state index contributed by atoms with van der Waals surface area (Å²) in [6.45, 7) is 8.80. The van der Waals surface area contributed by atoms with E-state index in [4.69, 9.17) is 0 Å². The predicted molar refractivity (Wildman–Crippen MR) is 74.6 cm³/mol. The van der Waals surface area contributed by atoms with E-state index < -0.39 is 5.97 Å². The van der Waals surface area contributed by atoms with Crippen LogP contribution in [0.5, 0.6) is 0 Å². The molecule has 0 bridgehead atoms. The molecule has 0 radical (unpaired) electrons. The second kappa shape index (κ2) is 6.36. The number of carbonyl (C=O) groups is 1. The van der Waals surface area contributed by atoms with Crippen molar-refractivity contribution >= 4 is 21.9 Å². The van der Waals surface area contributed by atoms with Crippen molar-refractivity contribution in [3.05, 3.63) is 15.9 Å². The summed E-state index contributed by atoms with van der Waals surface area (Å²) in [5.74, 6) is -0.691. The molecular formula is C13H21BrN2O2. The van der Waals surface area contributed by atoms with Crippen LogP contribution in [0.3, 0.4) is 0 Å². The molecule has 1 aromatic rings. The van der Waals surface area contributed by atoms with Gasteiger partial charge in [-0.25, -0.2) is 0 Å². The van der Waals surface area contributed by atoms with Crippen LogP contribution in [0.1, 0.15) is 38.6 Å². The number of rotatable bonds is 6. The van der Waals surface area contributed by atoms with Crippen LogP contribution in [0.25, 0.3) is 0 Å². The first kappa shape index (κ1) is 15.2. The SMILES string of the molecule is CCn1nc(C)c(Br)c1CC(CC(C)C)C(=O)O. The second-order valence-corrected chi connectivity index (χ2v) is 5.82. The fraction of sp³-hybridized carbons (Fsp3) is 0.692. The van der Waals surface area contributed by atoms with Crippen LogP contribution >= 0.6 is 15.9 Å². The number of carboxylic acids is 1. The van der Waals surface area contributed by atoms with E-state index >= 15 is 0 Å².